The zero-order chi connectivity index (χ0) is 19.4. The number of carbonyl (C=O) groups excluding carboxylic acids is 2. The monoisotopic (exact) mass is 419 g/mol. The number of hydrogen-bond donors (Lipinski definition) is 1. The Balaban J connectivity index is 2.11. The highest BCUT2D eigenvalue weighted by Gasteiger charge is 2.22. The van der Waals surface area contributed by atoms with Crippen molar-refractivity contribution in [3.8, 4) is 5.75 Å². The Hall–Kier alpha value is -2.34. The van der Waals surface area contributed by atoms with Crippen molar-refractivity contribution in [3.05, 3.63) is 57.1 Å². The molecule has 1 N–H and O–H groups in total. The van der Waals surface area contributed by atoms with Crippen LogP contribution in [0.15, 0.2) is 34.8 Å². The van der Waals surface area contributed by atoms with Gasteiger partial charge in [0.2, 0.25) is 0 Å². The van der Waals surface area contributed by atoms with Gasteiger partial charge in [0.15, 0.2) is 6.10 Å². The summed E-state index contributed by atoms with van der Waals surface area (Å²) in [6.07, 6.45) is -0.944. The van der Waals surface area contributed by atoms with Gasteiger partial charge in [-0.3, -0.25) is 4.79 Å². The Kier molecular flexibility index (Phi) is 6.42. The molecule has 6 heteroatoms. The Morgan fingerprint density at radius 3 is 2.27 bits per heavy atom. The second-order valence-electron chi connectivity index (χ2n) is 6.16. The molecule has 0 aliphatic carbocycles. The molecule has 1 unspecified atom stereocenters. The van der Waals surface area contributed by atoms with Gasteiger partial charge in [0.25, 0.3) is 5.91 Å². The van der Waals surface area contributed by atoms with Crippen LogP contribution in [0.2, 0.25) is 0 Å². The molecule has 5 nitrogen and oxygen atoms in total. The van der Waals surface area contributed by atoms with Crippen molar-refractivity contribution < 1.29 is 19.1 Å². The first-order valence-corrected chi connectivity index (χ1v) is 8.95. The third kappa shape index (κ3) is 4.64. The molecule has 0 aliphatic rings. The van der Waals surface area contributed by atoms with Crippen molar-refractivity contribution in [1.29, 1.82) is 0 Å². The number of ether oxygens (including phenoxy) is 2. The van der Waals surface area contributed by atoms with E-state index in [9.17, 15) is 9.59 Å². The second-order valence-corrected chi connectivity index (χ2v) is 7.01. The van der Waals surface area contributed by atoms with E-state index < -0.39 is 12.1 Å². The molecule has 0 bridgehead atoms. The van der Waals surface area contributed by atoms with Crippen LogP contribution in [0.25, 0.3) is 0 Å². The molecule has 0 radical (unpaired) electrons. The van der Waals surface area contributed by atoms with Gasteiger partial charge in [-0.2, -0.15) is 0 Å². The average Bonchev–Trinajstić information content (AvgIpc) is 2.58. The number of methoxy groups -OCH3 is 1. The van der Waals surface area contributed by atoms with E-state index in [2.05, 4.69) is 21.2 Å². The number of carbonyl (C=O) groups is 2. The maximum Gasteiger partial charge on any atom is 0.340 e. The van der Waals surface area contributed by atoms with E-state index in [4.69, 9.17) is 9.47 Å². The van der Waals surface area contributed by atoms with E-state index in [-0.39, 0.29) is 5.91 Å². The minimum Gasteiger partial charge on any atom is -0.497 e. The summed E-state index contributed by atoms with van der Waals surface area (Å²) in [4.78, 5) is 24.8. The molecule has 0 aliphatic heterocycles. The Bertz CT molecular complexity index is 825. The first-order valence-electron chi connectivity index (χ1n) is 8.16. The van der Waals surface area contributed by atoms with Gasteiger partial charge in [0.05, 0.1) is 12.7 Å². The van der Waals surface area contributed by atoms with Crippen molar-refractivity contribution in [3.63, 3.8) is 0 Å². The lowest BCUT2D eigenvalue weighted by Crippen LogP contribution is -2.30. The summed E-state index contributed by atoms with van der Waals surface area (Å²) in [5.74, 6) is -0.452. The number of rotatable bonds is 5. The summed E-state index contributed by atoms with van der Waals surface area (Å²) < 4.78 is 11.0. The van der Waals surface area contributed by atoms with Gasteiger partial charge in [-0.1, -0.05) is 17.7 Å². The third-order valence-electron chi connectivity index (χ3n) is 3.97. The van der Waals surface area contributed by atoms with Crippen molar-refractivity contribution in [2.24, 2.45) is 0 Å². The fraction of sp³-hybridized carbons (Fsp3) is 0.300. The molecule has 2 rings (SSSR count). The van der Waals surface area contributed by atoms with E-state index in [0.717, 1.165) is 22.4 Å². The largest absolute Gasteiger partial charge is 0.497 e. The number of benzene rings is 2. The number of halogens is 1. The van der Waals surface area contributed by atoms with Gasteiger partial charge in [-0.15, -0.1) is 0 Å². The van der Waals surface area contributed by atoms with Crippen molar-refractivity contribution in [2.75, 3.05) is 12.4 Å². The van der Waals surface area contributed by atoms with Crippen molar-refractivity contribution in [1.82, 2.24) is 0 Å². The minimum atomic E-state index is -0.944. The normalized spacial score (nSPS) is 11.6. The first-order chi connectivity index (χ1) is 12.2. The lowest BCUT2D eigenvalue weighted by atomic mass is 10.0. The van der Waals surface area contributed by atoms with E-state index >= 15 is 0 Å². The van der Waals surface area contributed by atoms with E-state index in [1.807, 2.05) is 32.9 Å². The maximum atomic E-state index is 12.5. The van der Waals surface area contributed by atoms with Crippen LogP contribution in [0.1, 0.15) is 34.0 Å². The van der Waals surface area contributed by atoms with Crippen molar-refractivity contribution in [2.45, 2.75) is 33.8 Å². The fourth-order valence-electron chi connectivity index (χ4n) is 2.67. The van der Waals surface area contributed by atoms with Crippen LogP contribution in [0.4, 0.5) is 5.69 Å². The Labute approximate surface area is 161 Å². The van der Waals surface area contributed by atoms with Gasteiger partial charge >= 0.3 is 5.97 Å². The van der Waals surface area contributed by atoms with Crippen LogP contribution in [0.3, 0.4) is 0 Å². The second kappa shape index (κ2) is 8.36. The zero-order valence-electron chi connectivity index (χ0n) is 15.5. The molecule has 0 heterocycles. The Morgan fingerprint density at radius 2 is 1.69 bits per heavy atom. The molecule has 2 aromatic rings. The summed E-state index contributed by atoms with van der Waals surface area (Å²) in [6.45, 7) is 7.40. The topological polar surface area (TPSA) is 64.6 Å². The van der Waals surface area contributed by atoms with Gasteiger partial charge in [0, 0.05) is 10.2 Å². The molecule has 1 amide bonds. The molecule has 138 valence electrons. The van der Waals surface area contributed by atoms with Gasteiger partial charge < -0.3 is 14.8 Å². The van der Waals surface area contributed by atoms with E-state index in [1.165, 1.54) is 7.11 Å². The van der Waals surface area contributed by atoms with Crippen LogP contribution in [0, 0.1) is 20.8 Å². The third-order valence-corrected chi connectivity index (χ3v) is 4.66. The maximum absolute atomic E-state index is 12.5. The molecule has 2 aromatic carbocycles. The van der Waals surface area contributed by atoms with Gasteiger partial charge in [0.1, 0.15) is 5.75 Å². The van der Waals surface area contributed by atoms with Crippen LogP contribution in [0.5, 0.6) is 5.75 Å². The number of nitrogens with one attached hydrogen (secondary N) is 1. The van der Waals surface area contributed by atoms with Gasteiger partial charge in [-0.25, -0.2) is 4.79 Å². The van der Waals surface area contributed by atoms with Crippen LogP contribution in [-0.2, 0) is 9.53 Å². The zero-order valence-corrected chi connectivity index (χ0v) is 17.1. The average molecular weight is 420 g/mol. The molecule has 0 saturated carbocycles. The summed E-state index contributed by atoms with van der Waals surface area (Å²) in [6, 6.07) is 8.96. The number of esters is 1. The molecular formula is C20H22BrNO4. The SMILES string of the molecule is COc1ccc(Br)c(C(=O)OC(C)C(=O)Nc2c(C)cc(C)cc2C)c1. The first kappa shape index (κ1) is 20.0. The lowest BCUT2D eigenvalue weighted by Gasteiger charge is -2.17. The highest BCUT2D eigenvalue weighted by molar-refractivity contribution is 9.10. The predicted octanol–water partition coefficient (Wildman–Crippen LogP) is 4.57. The molecule has 0 aromatic heterocycles. The highest BCUT2D eigenvalue weighted by atomic mass is 79.9. The fourth-order valence-corrected chi connectivity index (χ4v) is 3.08. The Morgan fingerprint density at radius 1 is 1.08 bits per heavy atom. The molecule has 0 saturated heterocycles. The van der Waals surface area contributed by atoms with E-state index in [1.54, 1.807) is 25.1 Å². The van der Waals surface area contributed by atoms with Crippen LogP contribution >= 0.6 is 15.9 Å². The molecule has 26 heavy (non-hydrogen) atoms. The summed E-state index contributed by atoms with van der Waals surface area (Å²) in [5.41, 5.74) is 4.09. The summed E-state index contributed by atoms with van der Waals surface area (Å²) >= 11 is 3.31. The quantitative estimate of drug-likeness (QED) is 0.720. The molecular weight excluding hydrogens is 398 g/mol. The number of amides is 1. The summed E-state index contributed by atoms with van der Waals surface area (Å²) in [7, 11) is 1.51. The molecule has 0 spiro atoms. The van der Waals surface area contributed by atoms with Crippen LogP contribution in [-0.4, -0.2) is 25.1 Å². The number of anilines is 1. The number of hydrogen-bond acceptors (Lipinski definition) is 4. The standard InChI is InChI=1S/C20H22BrNO4/c1-11-8-12(2)18(13(3)9-11)22-19(23)14(4)26-20(24)16-10-15(25-5)6-7-17(16)21/h6-10,14H,1-5H3,(H,22,23). The van der Waals surface area contributed by atoms with E-state index in [0.29, 0.717) is 15.8 Å². The van der Waals surface area contributed by atoms with Crippen molar-refractivity contribution >= 4 is 33.5 Å². The molecule has 1 atom stereocenters. The summed E-state index contributed by atoms with van der Waals surface area (Å²) in [5, 5.41) is 2.85. The highest BCUT2D eigenvalue weighted by Crippen LogP contribution is 2.25. The van der Waals surface area contributed by atoms with Gasteiger partial charge in [-0.05, 0) is 73.0 Å². The number of aryl methyl sites for hydroxylation is 3. The van der Waals surface area contributed by atoms with Crippen LogP contribution < -0.4 is 10.1 Å². The lowest BCUT2D eigenvalue weighted by molar-refractivity contribution is -0.123. The smallest absolute Gasteiger partial charge is 0.340 e. The molecule has 0 fully saturated rings. The predicted molar refractivity (Wildman–Crippen MR) is 105 cm³/mol. The minimum absolute atomic E-state index is 0.298.